The van der Waals surface area contributed by atoms with E-state index >= 15 is 0 Å². The van der Waals surface area contributed by atoms with Crippen LogP contribution in [0.15, 0.2) is 24.3 Å². The van der Waals surface area contributed by atoms with Crippen molar-refractivity contribution in [3.63, 3.8) is 0 Å². The van der Waals surface area contributed by atoms with Gasteiger partial charge < -0.3 is 9.47 Å². The lowest BCUT2D eigenvalue weighted by Crippen LogP contribution is -2.09. The van der Waals surface area contributed by atoms with E-state index < -0.39 is 6.16 Å². The number of carbonyl (C=O) groups excluding carboxylic acids is 1. The van der Waals surface area contributed by atoms with Crippen LogP contribution in [0.5, 0.6) is 0 Å². The van der Waals surface area contributed by atoms with Crippen LogP contribution in [0, 0.1) is 5.92 Å². The van der Waals surface area contributed by atoms with Crippen molar-refractivity contribution in [2.45, 2.75) is 124 Å². The minimum atomic E-state index is -0.499. The Hall–Kier alpha value is -1.25. The van der Waals surface area contributed by atoms with Crippen LogP contribution in [0.3, 0.4) is 0 Å². The van der Waals surface area contributed by atoms with Crippen LogP contribution in [0.1, 0.15) is 124 Å². The lowest BCUT2D eigenvalue weighted by molar-refractivity contribution is 0.0528. The first-order valence-electron chi connectivity index (χ1n) is 12.8. The fourth-order valence-corrected chi connectivity index (χ4v) is 3.27. The molecule has 0 fully saturated rings. The van der Waals surface area contributed by atoms with Gasteiger partial charge in [0, 0.05) is 0 Å². The van der Waals surface area contributed by atoms with E-state index in [4.69, 9.17) is 9.47 Å². The number of rotatable bonds is 21. The minimum absolute atomic E-state index is 0.487. The predicted octanol–water partition coefficient (Wildman–Crippen LogP) is 9.17. The summed E-state index contributed by atoms with van der Waals surface area (Å²) in [5.74, 6) is 0.755. The molecule has 0 spiro atoms. The third kappa shape index (κ3) is 24.8. The summed E-state index contributed by atoms with van der Waals surface area (Å²) >= 11 is 0. The summed E-state index contributed by atoms with van der Waals surface area (Å²) in [5.41, 5.74) is 0. The van der Waals surface area contributed by atoms with E-state index in [-0.39, 0.29) is 0 Å². The van der Waals surface area contributed by atoms with Crippen molar-refractivity contribution >= 4 is 6.16 Å². The molecule has 0 atom stereocenters. The van der Waals surface area contributed by atoms with Gasteiger partial charge in [-0.3, -0.25) is 0 Å². The van der Waals surface area contributed by atoms with Gasteiger partial charge in [-0.25, -0.2) is 4.79 Å². The number of hydrogen-bond acceptors (Lipinski definition) is 3. The van der Waals surface area contributed by atoms with E-state index in [2.05, 4.69) is 45.1 Å². The monoisotopic (exact) mass is 422 g/mol. The molecule has 0 aromatic heterocycles. The molecule has 0 aromatic rings. The van der Waals surface area contributed by atoms with Crippen molar-refractivity contribution in [1.82, 2.24) is 0 Å². The predicted molar refractivity (Wildman–Crippen MR) is 130 cm³/mol. The van der Waals surface area contributed by atoms with E-state index in [0.717, 1.165) is 38.0 Å². The van der Waals surface area contributed by atoms with Crippen molar-refractivity contribution < 1.29 is 14.3 Å². The van der Waals surface area contributed by atoms with Crippen LogP contribution in [-0.4, -0.2) is 19.4 Å². The molecule has 0 aliphatic carbocycles. The Kier molecular flexibility index (Phi) is 23.0. The smallest absolute Gasteiger partial charge is 0.434 e. The number of allylic oxidation sites excluding steroid dienone is 4. The Morgan fingerprint density at radius 1 is 0.667 bits per heavy atom. The van der Waals surface area contributed by atoms with Crippen LogP contribution in [0.4, 0.5) is 4.79 Å². The van der Waals surface area contributed by atoms with Gasteiger partial charge in [-0.15, -0.1) is 0 Å². The Labute approximate surface area is 187 Å². The highest BCUT2D eigenvalue weighted by Gasteiger charge is 2.03. The van der Waals surface area contributed by atoms with Crippen LogP contribution in [0.25, 0.3) is 0 Å². The zero-order valence-corrected chi connectivity index (χ0v) is 20.3. The molecule has 0 radical (unpaired) electrons. The van der Waals surface area contributed by atoms with Crippen LogP contribution >= 0.6 is 0 Å². The summed E-state index contributed by atoms with van der Waals surface area (Å²) < 4.78 is 10.2. The summed E-state index contributed by atoms with van der Waals surface area (Å²) in [6.07, 6.45) is 27.8. The molecule has 0 unspecified atom stereocenters. The first-order valence-corrected chi connectivity index (χ1v) is 12.8. The van der Waals surface area contributed by atoms with Gasteiger partial charge in [-0.2, -0.15) is 0 Å². The number of ether oxygens (including phenoxy) is 2. The lowest BCUT2D eigenvalue weighted by atomic mass is 10.1. The summed E-state index contributed by atoms with van der Waals surface area (Å²) in [5, 5.41) is 0. The second-order valence-electron chi connectivity index (χ2n) is 8.77. The molecule has 0 N–H and O–H groups in total. The summed E-state index contributed by atoms with van der Waals surface area (Å²) in [7, 11) is 0. The molecule has 0 amide bonds. The van der Waals surface area contributed by atoms with Crippen molar-refractivity contribution in [3.05, 3.63) is 24.3 Å². The standard InChI is InChI=1S/C27H50O3/c1-4-5-6-7-8-9-10-11-12-13-14-15-16-17-18-21-24-29-27(28)30-25-22-19-20-23-26(2)3/h8-9,11-12,26H,4-7,10,13-25H2,1-3H3/b9-8-,12-11-. The molecule has 0 saturated heterocycles. The van der Waals surface area contributed by atoms with Gasteiger partial charge in [-0.1, -0.05) is 103 Å². The van der Waals surface area contributed by atoms with E-state index in [1.54, 1.807) is 0 Å². The van der Waals surface area contributed by atoms with Crippen LogP contribution < -0.4 is 0 Å². The second-order valence-corrected chi connectivity index (χ2v) is 8.77. The van der Waals surface area contributed by atoms with Crippen molar-refractivity contribution in [3.8, 4) is 0 Å². The average molecular weight is 423 g/mol. The maximum atomic E-state index is 11.5. The van der Waals surface area contributed by atoms with Gasteiger partial charge in [0.25, 0.3) is 0 Å². The quantitative estimate of drug-likeness (QED) is 0.105. The van der Waals surface area contributed by atoms with E-state index in [0.29, 0.717) is 13.2 Å². The third-order valence-corrected chi connectivity index (χ3v) is 5.21. The topological polar surface area (TPSA) is 35.5 Å². The summed E-state index contributed by atoms with van der Waals surface area (Å²) in [4.78, 5) is 11.5. The number of hydrogen-bond donors (Lipinski definition) is 0. The molecule has 0 aliphatic rings. The average Bonchev–Trinajstić information content (AvgIpc) is 2.72. The zero-order chi connectivity index (χ0) is 22.1. The molecule has 3 heteroatoms. The van der Waals surface area contributed by atoms with Crippen molar-refractivity contribution in [2.75, 3.05) is 13.2 Å². The molecule has 3 nitrogen and oxygen atoms in total. The molecule has 30 heavy (non-hydrogen) atoms. The van der Waals surface area contributed by atoms with Gasteiger partial charge in [0.1, 0.15) is 0 Å². The van der Waals surface area contributed by atoms with Crippen LogP contribution in [-0.2, 0) is 9.47 Å². The maximum absolute atomic E-state index is 11.5. The normalized spacial score (nSPS) is 11.7. The van der Waals surface area contributed by atoms with Crippen molar-refractivity contribution in [2.24, 2.45) is 5.92 Å². The molecular formula is C27H50O3. The highest BCUT2D eigenvalue weighted by Crippen LogP contribution is 2.09. The first kappa shape index (κ1) is 28.8. The molecule has 0 bridgehead atoms. The Bertz CT molecular complexity index is 412. The second kappa shape index (κ2) is 24.0. The minimum Gasteiger partial charge on any atom is -0.434 e. The molecule has 0 rings (SSSR count). The summed E-state index contributed by atoms with van der Waals surface area (Å²) in [6, 6.07) is 0. The van der Waals surface area contributed by atoms with Crippen LogP contribution in [0.2, 0.25) is 0 Å². The molecule has 0 heterocycles. The fourth-order valence-electron chi connectivity index (χ4n) is 3.27. The van der Waals surface area contributed by atoms with E-state index in [1.165, 1.54) is 70.6 Å². The maximum Gasteiger partial charge on any atom is 0.508 e. The van der Waals surface area contributed by atoms with Gasteiger partial charge >= 0.3 is 6.16 Å². The lowest BCUT2D eigenvalue weighted by Gasteiger charge is -2.07. The number of unbranched alkanes of at least 4 members (excludes halogenated alkanes) is 11. The first-order chi connectivity index (χ1) is 14.7. The molecular weight excluding hydrogens is 372 g/mol. The molecule has 176 valence electrons. The van der Waals surface area contributed by atoms with E-state index in [9.17, 15) is 4.79 Å². The van der Waals surface area contributed by atoms with Crippen molar-refractivity contribution in [1.29, 1.82) is 0 Å². The zero-order valence-electron chi connectivity index (χ0n) is 20.3. The van der Waals surface area contributed by atoms with Gasteiger partial charge in [0.2, 0.25) is 0 Å². The Morgan fingerprint density at radius 2 is 1.17 bits per heavy atom. The highest BCUT2D eigenvalue weighted by molar-refractivity contribution is 5.59. The molecule has 0 aliphatic heterocycles. The largest absolute Gasteiger partial charge is 0.508 e. The van der Waals surface area contributed by atoms with E-state index in [1.807, 2.05) is 0 Å². The molecule has 0 saturated carbocycles. The van der Waals surface area contributed by atoms with Gasteiger partial charge in [0.15, 0.2) is 0 Å². The number of carbonyl (C=O) groups is 1. The van der Waals surface area contributed by atoms with Gasteiger partial charge in [0.05, 0.1) is 13.2 Å². The third-order valence-electron chi connectivity index (χ3n) is 5.21. The summed E-state index contributed by atoms with van der Waals surface area (Å²) in [6.45, 7) is 7.70. The highest BCUT2D eigenvalue weighted by atomic mass is 16.7. The fraction of sp³-hybridized carbons (Fsp3) is 0.815. The van der Waals surface area contributed by atoms with Gasteiger partial charge in [-0.05, 0) is 50.9 Å². The SMILES string of the molecule is CCCCC/C=C\C/C=C\CCCCCCCCOC(=O)OCCCCCC(C)C. The molecule has 0 aromatic carbocycles. The Balaban J connectivity index is 3.25. The Morgan fingerprint density at radius 3 is 1.73 bits per heavy atom.